The van der Waals surface area contributed by atoms with E-state index in [0.717, 1.165) is 6.42 Å². The first-order chi connectivity index (χ1) is 6.68. The third-order valence-corrected chi connectivity index (χ3v) is 2.76. The molecule has 0 atom stereocenters. The molecule has 86 valence electrons. The molecule has 0 fully saturated rings. The summed E-state index contributed by atoms with van der Waals surface area (Å²) in [6.07, 6.45) is 1.10. The van der Waals surface area contributed by atoms with Gasteiger partial charge in [0, 0.05) is 22.3 Å². The van der Waals surface area contributed by atoms with Crippen molar-refractivity contribution in [3.63, 3.8) is 0 Å². The highest BCUT2D eigenvalue weighted by molar-refractivity contribution is 5.24. The predicted molar refractivity (Wildman–Crippen MR) is 67.5 cm³/mol. The van der Waals surface area contributed by atoms with E-state index in [-0.39, 0.29) is 11.0 Å². The van der Waals surface area contributed by atoms with Gasteiger partial charge in [-0.15, -0.1) is 0 Å². The average molecular weight is 207 g/mol. The van der Waals surface area contributed by atoms with E-state index in [9.17, 15) is 0 Å². The maximum atomic E-state index is 2.49. The number of aryl methyl sites for hydroxylation is 1. The molecule has 0 radical (unpaired) electrons. The predicted octanol–water partition coefficient (Wildman–Crippen LogP) is 4.10. The van der Waals surface area contributed by atoms with E-state index in [0.29, 0.717) is 0 Å². The largest absolute Gasteiger partial charge is 0.343 e. The Bertz CT molecular complexity index is 331. The molecule has 0 aromatic carbocycles. The van der Waals surface area contributed by atoms with Crippen LogP contribution in [0.25, 0.3) is 0 Å². The second-order valence-electron chi connectivity index (χ2n) is 6.32. The van der Waals surface area contributed by atoms with Crippen molar-refractivity contribution in [1.82, 2.24) is 4.57 Å². The zero-order valence-corrected chi connectivity index (χ0v) is 11.3. The summed E-state index contributed by atoms with van der Waals surface area (Å²) in [6.45, 7) is 15.9. The molecule has 1 rings (SSSR count). The van der Waals surface area contributed by atoms with Gasteiger partial charge in [-0.3, -0.25) is 0 Å². The topological polar surface area (TPSA) is 4.93 Å². The van der Waals surface area contributed by atoms with Crippen LogP contribution in [0.3, 0.4) is 0 Å². The molecule has 0 saturated carbocycles. The van der Waals surface area contributed by atoms with Crippen LogP contribution >= 0.6 is 0 Å². The summed E-state index contributed by atoms with van der Waals surface area (Å²) in [4.78, 5) is 0. The van der Waals surface area contributed by atoms with Gasteiger partial charge in [0.1, 0.15) is 0 Å². The van der Waals surface area contributed by atoms with Gasteiger partial charge < -0.3 is 4.57 Å². The average Bonchev–Trinajstić information content (AvgIpc) is 2.44. The van der Waals surface area contributed by atoms with Crippen LogP contribution in [-0.4, -0.2) is 4.57 Å². The second-order valence-corrected chi connectivity index (χ2v) is 6.32. The van der Waals surface area contributed by atoms with E-state index in [1.54, 1.807) is 0 Å². The van der Waals surface area contributed by atoms with Crippen LogP contribution < -0.4 is 0 Å². The SMILES string of the molecule is CCc1ccc(C(C)(C)C)n1C(C)(C)C. The number of hydrogen-bond donors (Lipinski definition) is 0. The van der Waals surface area contributed by atoms with Crippen molar-refractivity contribution in [2.24, 2.45) is 0 Å². The van der Waals surface area contributed by atoms with Gasteiger partial charge in [0.2, 0.25) is 0 Å². The van der Waals surface area contributed by atoms with E-state index in [1.807, 2.05) is 0 Å². The molecule has 0 aliphatic rings. The normalized spacial score (nSPS) is 13.3. The van der Waals surface area contributed by atoms with Crippen LogP contribution in [0.4, 0.5) is 0 Å². The fourth-order valence-corrected chi connectivity index (χ4v) is 2.13. The smallest absolute Gasteiger partial charge is 0.0361 e. The van der Waals surface area contributed by atoms with Crippen molar-refractivity contribution < 1.29 is 0 Å². The maximum Gasteiger partial charge on any atom is 0.0361 e. The summed E-state index contributed by atoms with van der Waals surface area (Å²) in [6, 6.07) is 4.55. The van der Waals surface area contributed by atoms with Crippen molar-refractivity contribution in [2.75, 3.05) is 0 Å². The van der Waals surface area contributed by atoms with Gasteiger partial charge in [-0.1, -0.05) is 27.7 Å². The van der Waals surface area contributed by atoms with Crippen LogP contribution in [0.5, 0.6) is 0 Å². The Hall–Kier alpha value is -0.720. The van der Waals surface area contributed by atoms with E-state index >= 15 is 0 Å². The van der Waals surface area contributed by atoms with Gasteiger partial charge in [0.15, 0.2) is 0 Å². The molecule has 0 bridgehead atoms. The first kappa shape index (κ1) is 12.4. The van der Waals surface area contributed by atoms with Crippen molar-refractivity contribution in [2.45, 2.75) is 65.8 Å². The van der Waals surface area contributed by atoms with Crippen LogP contribution in [0.15, 0.2) is 12.1 Å². The Kier molecular flexibility index (Phi) is 3.04. The van der Waals surface area contributed by atoms with Crippen molar-refractivity contribution in [3.05, 3.63) is 23.5 Å². The van der Waals surface area contributed by atoms with Crippen LogP contribution in [-0.2, 0) is 17.4 Å². The number of hydrogen-bond acceptors (Lipinski definition) is 0. The second kappa shape index (κ2) is 3.70. The molecule has 0 aliphatic heterocycles. The molecule has 0 unspecified atom stereocenters. The molecule has 1 heteroatoms. The fourth-order valence-electron chi connectivity index (χ4n) is 2.13. The molecule has 0 saturated heterocycles. The Morgan fingerprint density at radius 3 is 1.87 bits per heavy atom. The minimum absolute atomic E-state index is 0.178. The number of aromatic nitrogens is 1. The molecule has 0 N–H and O–H groups in total. The van der Waals surface area contributed by atoms with Crippen molar-refractivity contribution in [3.8, 4) is 0 Å². The molecule has 1 aromatic rings. The van der Waals surface area contributed by atoms with Crippen LogP contribution in [0.2, 0.25) is 0 Å². The lowest BCUT2D eigenvalue weighted by Crippen LogP contribution is -2.30. The maximum absolute atomic E-state index is 2.49. The highest BCUT2D eigenvalue weighted by Gasteiger charge is 2.25. The molecular weight excluding hydrogens is 182 g/mol. The Labute approximate surface area is 94.5 Å². The minimum atomic E-state index is 0.178. The summed E-state index contributed by atoms with van der Waals surface area (Å²) in [7, 11) is 0. The summed E-state index contributed by atoms with van der Waals surface area (Å²) < 4.78 is 2.49. The van der Waals surface area contributed by atoms with Gasteiger partial charge in [-0.25, -0.2) is 0 Å². The number of nitrogens with zero attached hydrogens (tertiary/aromatic N) is 1. The standard InChI is InChI=1S/C14H25N/c1-8-11-9-10-12(13(2,3)4)15(11)14(5,6)7/h9-10H,8H2,1-7H3. The summed E-state index contributed by atoms with van der Waals surface area (Å²) in [5, 5.41) is 0. The monoisotopic (exact) mass is 207 g/mol. The lowest BCUT2D eigenvalue weighted by molar-refractivity contribution is 0.351. The molecule has 0 amide bonds. The summed E-state index contributed by atoms with van der Waals surface area (Å²) in [5.74, 6) is 0. The Morgan fingerprint density at radius 1 is 1.00 bits per heavy atom. The lowest BCUT2D eigenvalue weighted by Gasteiger charge is -2.32. The van der Waals surface area contributed by atoms with Gasteiger partial charge in [0.25, 0.3) is 0 Å². The lowest BCUT2D eigenvalue weighted by atomic mass is 9.91. The number of rotatable bonds is 1. The zero-order chi connectivity index (χ0) is 11.9. The Balaban J connectivity index is 3.37. The summed E-state index contributed by atoms with van der Waals surface area (Å²) in [5.41, 5.74) is 3.28. The zero-order valence-electron chi connectivity index (χ0n) is 11.3. The third kappa shape index (κ3) is 2.45. The van der Waals surface area contributed by atoms with Crippen molar-refractivity contribution in [1.29, 1.82) is 0 Å². The third-order valence-electron chi connectivity index (χ3n) is 2.76. The van der Waals surface area contributed by atoms with Gasteiger partial charge in [-0.05, 0) is 39.3 Å². The minimum Gasteiger partial charge on any atom is -0.343 e. The first-order valence-electron chi connectivity index (χ1n) is 5.89. The van der Waals surface area contributed by atoms with Gasteiger partial charge in [0.05, 0.1) is 0 Å². The van der Waals surface area contributed by atoms with E-state index in [1.165, 1.54) is 11.4 Å². The first-order valence-corrected chi connectivity index (χ1v) is 5.89. The van der Waals surface area contributed by atoms with E-state index < -0.39 is 0 Å². The molecule has 1 aromatic heterocycles. The highest BCUT2D eigenvalue weighted by Crippen LogP contribution is 2.30. The fraction of sp³-hybridized carbons (Fsp3) is 0.714. The van der Waals surface area contributed by atoms with E-state index in [4.69, 9.17) is 0 Å². The molecule has 1 nitrogen and oxygen atoms in total. The Morgan fingerprint density at radius 2 is 1.53 bits per heavy atom. The molecule has 1 heterocycles. The van der Waals surface area contributed by atoms with E-state index in [2.05, 4.69) is 65.2 Å². The van der Waals surface area contributed by atoms with Crippen molar-refractivity contribution >= 4 is 0 Å². The summed E-state index contributed by atoms with van der Waals surface area (Å²) >= 11 is 0. The quantitative estimate of drug-likeness (QED) is 0.653. The molecule has 0 spiro atoms. The van der Waals surface area contributed by atoms with Gasteiger partial charge in [-0.2, -0.15) is 0 Å². The molecular formula is C14H25N. The molecule has 0 aliphatic carbocycles. The van der Waals surface area contributed by atoms with Crippen LogP contribution in [0, 0.1) is 0 Å². The van der Waals surface area contributed by atoms with Crippen LogP contribution in [0.1, 0.15) is 59.9 Å². The molecule has 15 heavy (non-hydrogen) atoms. The van der Waals surface area contributed by atoms with Gasteiger partial charge >= 0.3 is 0 Å². The highest BCUT2D eigenvalue weighted by atomic mass is 15.1.